The van der Waals surface area contributed by atoms with E-state index < -0.39 is 17.9 Å². The second-order valence-electron chi connectivity index (χ2n) is 7.32. The topological polar surface area (TPSA) is 114 Å². The van der Waals surface area contributed by atoms with Crippen molar-refractivity contribution in [2.75, 3.05) is 18.2 Å². The summed E-state index contributed by atoms with van der Waals surface area (Å²) in [5.41, 5.74) is 8.53. The summed E-state index contributed by atoms with van der Waals surface area (Å²) in [6.45, 7) is 2.23. The molecule has 162 valence electrons. The first-order valence-electron chi connectivity index (χ1n) is 10.1. The van der Waals surface area contributed by atoms with E-state index in [2.05, 4.69) is 10.4 Å². The summed E-state index contributed by atoms with van der Waals surface area (Å²) in [7, 11) is 0. The highest BCUT2D eigenvalue weighted by molar-refractivity contribution is 6.38. The molecule has 0 aliphatic carbocycles. The summed E-state index contributed by atoms with van der Waals surface area (Å²) in [5.74, 6) is -1.31. The zero-order valence-electron chi connectivity index (χ0n) is 17.4. The quantitative estimate of drug-likeness (QED) is 0.472. The number of carbonyl (C=O) groups excluding carboxylic acids is 3. The molecule has 2 aromatic rings. The Hall–Kier alpha value is -3.68. The summed E-state index contributed by atoms with van der Waals surface area (Å²) in [6, 6.07) is 16.3. The number of para-hydroxylation sites is 1. The molecule has 0 saturated heterocycles. The van der Waals surface area contributed by atoms with Crippen LogP contribution in [0.1, 0.15) is 24.0 Å². The van der Waals surface area contributed by atoms with Crippen LogP contribution < -0.4 is 16.1 Å². The fourth-order valence-corrected chi connectivity index (χ4v) is 3.19. The van der Waals surface area contributed by atoms with Gasteiger partial charge in [0.2, 0.25) is 11.8 Å². The van der Waals surface area contributed by atoms with E-state index in [-0.39, 0.29) is 31.2 Å². The van der Waals surface area contributed by atoms with E-state index in [0.717, 1.165) is 5.56 Å². The first kappa shape index (κ1) is 22.0. The molecule has 1 aliphatic rings. The molecular weight excluding hydrogens is 396 g/mol. The van der Waals surface area contributed by atoms with Crippen molar-refractivity contribution in [2.24, 2.45) is 10.8 Å². The van der Waals surface area contributed by atoms with Crippen LogP contribution in [0.25, 0.3) is 0 Å². The Balaban J connectivity index is 1.43. The maximum absolute atomic E-state index is 12.3. The minimum Gasteiger partial charge on any atom is -0.459 e. The Labute approximate surface area is 181 Å². The fourth-order valence-electron chi connectivity index (χ4n) is 3.19. The molecule has 1 unspecified atom stereocenters. The van der Waals surface area contributed by atoms with Gasteiger partial charge in [0, 0.05) is 12.8 Å². The molecule has 1 heterocycles. The van der Waals surface area contributed by atoms with Gasteiger partial charge in [0.1, 0.15) is 18.4 Å². The molecule has 0 fully saturated rings. The van der Waals surface area contributed by atoms with Crippen molar-refractivity contribution in [1.29, 1.82) is 0 Å². The fraction of sp³-hybridized carbons (Fsp3) is 0.304. The summed E-state index contributed by atoms with van der Waals surface area (Å²) >= 11 is 0. The van der Waals surface area contributed by atoms with Crippen molar-refractivity contribution < 1.29 is 19.1 Å². The lowest BCUT2D eigenvalue weighted by atomic mass is 10.1. The largest absolute Gasteiger partial charge is 0.459 e. The minimum atomic E-state index is -0.744. The second-order valence-corrected chi connectivity index (χ2v) is 7.32. The number of primary amides is 1. The van der Waals surface area contributed by atoms with Crippen LogP contribution in [0, 0.1) is 6.92 Å². The third-order valence-corrected chi connectivity index (χ3v) is 4.91. The molecule has 8 nitrogen and oxygen atoms in total. The van der Waals surface area contributed by atoms with Crippen LogP contribution in [0.5, 0.6) is 0 Å². The summed E-state index contributed by atoms with van der Waals surface area (Å²) in [6.07, 6.45) is 1.08. The Morgan fingerprint density at radius 1 is 1.13 bits per heavy atom. The number of benzene rings is 2. The third kappa shape index (κ3) is 6.15. The van der Waals surface area contributed by atoms with Gasteiger partial charge in [0.25, 0.3) is 0 Å². The number of esters is 1. The van der Waals surface area contributed by atoms with Gasteiger partial charge in [0.05, 0.1) is 12.2 Å². The number of ether oxygens (including phenoxy) is 1. The van der Waals surface area contributed by atoms with Gasteiger partial charge in [-0.2, -0.15) is 5.10 Å². The van der Waals surface area contributed by atoms with Crippen LogP contribution in [-0.2, 0) is 25.5 Å². The molecule has 3 N–H and O–H groups in total. The number of hydrazone groups is 1. The SMILES string of the molecule is Cc1ccc(CCC(=O)NCCOC(=O)C2=NN(c3ccccc3)C(C(N)=O)C2)cc1. The number of amides is 2. The number of nitrogens with one attached hydrogen (secondary N) is 1. The van der Waals surface area contributed by atoms with Crippen LogP contribution in [0.2, 0.25) is 0 Å². The molecule has 0 aromatic heterocycles. The van der Waals surface area contributed by atoms with Gasteiger partial charge in [-0.05, 0) is 31.0 Å². The van der Waals surface area contributed by atoms with Gasteiger partial charge in [0.15, 0.2) is 0 Å². The smallest absolute Gasteiger partial charge is 0.354 e. The number of nitrogens with two attached hydrogens (primary N) is 1. The molecule has 1 aliphatic heterocycles. The van der Waals surface area contributed by atoms with Crippen molar-refractivity contribution in [2.45, 2.75) is 32.2 Å². The van der Waals surface area contributed by atoms with E-state index in [0.29, 0.717) is 18.5 Å². The van der Waals surface area contributed by atoms with Crippen LogP contribution in [0.4, 0.5) is 5.69 Å². The number of nitrogens with zero attached hydrogens (tertiary/aromatic N) is 2. The predicted octanol–water partition coefficient (Wildman–Crippen LogP) is 1.71. The molecule has 0 saturated carbocycles. The molecule has 2 aromatic carbocycles. The third-order valence-electron chi connectivity index (χ3n) is 4.91. The zero-order chi connectivity index (χ0) is 22.2. The van der Waals surface area contributed by atoms with E-state index >= 15 is 0 Å². The molecule has 0 radical (unpaired) electrons. The normalized spacial score (nSPS) is 15.3. The van der Waals surface area contributed by atoms with Gasteiger partial charge in [-0.1, -0.05) is 48.0 Å². The highest BCUT2D eigenvalue weighted by Gasteiger charge is 2.35. The van der Waals surface area contributed by atoms with E-state index in [1.807, 2.05) is 37.3 Å². The van der Waals surface area contributed by atoms with Gasteiger partial charge in [-0.25, -0.2) is 4.79 Å². The average Bonchev–Trinajstić information content (AvgIpc) is 3.23. The van der Waals surface area contributed by atoms with Crippen molar-refractivity contribution in [1.82, 2.24) is 5.32 Å². The number of hydrogen-bond donors (Lipinski definition) is 2. The van der Waals surface area contributed by atoms with Crippen molar-refractivity contribution in [3.63, 3.8) is 0 Å². The standard InChI is InChI=1S/C23H26N4O4/c1-16-7-9-17(10-8-16)11-12-21(28)25-13-14-31-23(30)19-15-20(22(24)29)27(26-19)18-5-3-2-4-6-18/h2-10,20H,11-15H2,1H3,(H2,24,29)(H,25,28). The molecule has 8 heteroatoms. The number of carbonyl (C=O) groups is 3. The highest BCUT2D eigenvalue weighted by atomic mass is 16.5. The zero-order valence-corrected chi connectivity index (χ0v) is 17.4. The first-order valence-corrected chi connectivity index (χ1v) is 10.1. The lowest BCUT2D eigenvalue weighted by Crippen LogP contribution is -2.39. The maximum Gasteiger partial charge on any atom is 0.354 e. The molecule has 2 amide bonds. The number of hydrogen-bond acceptors (Lipinski definition) is 6. The lowest BCUT2D eigenvalue weighted by Gasteiger charge is -2.20. The van der Waals surface area contributed by atoms with Gasteiger partial charge in [-0.3, -0.25) is 14.6 Å². The Morgan fingerprint density at radius 3 is 2.52 bits per heavy atom. The average molecular weight is 422 g/mol. The summed E-state index contributed by atoms with van der Waals surface area (Å²) in [4.78, 5) is 36.1. The van der Waals surface area contributed by atoms with E-state index in [1.165, 1.54) is 10.6 Å². The van der Waals surface area contributed by atoms with Gasteiger partial charge in [-0.15, -0.1) is 0 Å². The molecule has 0 spiro atoms. The summed E-state index contributed by atoms with van der Waals surface area (Å²) < 4.78 is 5.20. The monoisotopic (exact) mass is 422 g/mol. The highest BCUT2D eigenvalue weighted by Crippen LogP contribution is 2.24. The van der Waals surface area contributed by atoms with Crippen molar-refractivity contribution >= 4 is 29.2 Å². The van der Waals surface area contributed by atoms with Crippen molar-refractivity contribution in [3.05, 3.63) is 65.7 Å². The van der Waals surface area contributed by atoms with E-state index in [1.54, 1.807) is 24.3 Å². The molecule has 0 bridgehead atoms. The van der Waals surface area contributed by atoms with Crippen molar-refractivity contribution in [3.8, 4) is 0 Å². The van der Waals surface area contributed by atoms with Crippen LogP contribution >= 0.6 is 0 Å². The van der Waals surface area contributed by atoms with Gasteiger partial charge >= 0.3 is 5.97 Å². The number of aryl methyl sites for hydroxylation is 2. The van der Waals surface area contributed by atoms with E-state index in [9.17, 15) is 14.4 Å². The molecule has 3 rings (SSSR count). The van der Waals surface area contributed by atoms with E-state index in [4.69, 9.17) is 10.5 Å². The first-order chi connectivity index (χ1) is 14.9. The van der Waals surface area contributed by atoms with Crippen LogP contribution in [-0.4, -0.2) is 42.7 Å². The Morgan fingerprint density at radius 2 is 1.84 bits per heavy atom. The summed E-state index contributed by atoms with van der Waals surface area (Å²) in [5, 5.41) is 8.40. The predicted molar refractivity (Wildman–Crippen MR) is 117 cm³/mol. The second kappa shape index (κ2) is 10.4. The Kier molecular flexibility index (Phi) is 7.37. The Bertz CT molecular complexity index is 957. The number of anilines is 1. The van der Waals surface area contributed by atoms with Crippen LogP contribution in [0.3, 0.4) is 0 Å². The minimum absolute atomic E-state index is 0.0146. The maximum atomic E-state index is 12.3. The molecule has 31 heavy (non-hydrogen) atoms. The molecular formula is C23H26N4O4. The molecule has 1 atom stereocenters. The number of rotatable bonds is 9. The van der Waals surface area contributed by atoms with Gasteiger partial charge < -0.3 is 15.8 Å². The lowest BCUT2D eigenvalue weighted by molar-refractivity contribution is -0.136. The van der Waals surface area contributed by atoms with Crippen LogP contribution in [0.15, 0.2) is 59.7 Å².